The summed E-state index contributed by atoms with van der Waals surface area (Å²) in [7, 11) is 3.31. The van der Waals surface area contributed by atoms with Gasteiger partial charge in [0, 0.05) is 19.7 Å². The molecule has 0 bridgehead atoms. The van der Waals surface area contributed by atoms with E-state index in [4.69, 9.17) is 9.84 Å². The first-order valence-corrected chi connectivity index (χ1v) is 6.01. The van der Waals surface area contributed by atoms with Gasteiger partial charge in [-0.2, -0.15) is 0 Å². The van der Waals surface area contributed by atoms with Crippen LogP contribution in [0.5, 0.6) is 0 Å². The Morgan fingerprint density at radius 1 is 1.56 bits per heavy atom. The van der Waals surface area contributed by atoms with Crippen LogP contribution in [0.25, 0.3) is 0 Å². The molecule has 0 aliphatic carbocycles. The molecule has 104 valence electrons. The van der Waals surface area contributed by atoms with Gasteiger partial charge in [-0.15, -0.1) is 0 Å². The highest BCUT2D eigenvalue weighted by Crippen LogP contribution is 2.07. The second-order valence-corrected chi connectivity index (χ2v) is 4.52. The van der Waals surface area contributed by atoms with Crippen LogP contribution in [0.4, 0.5) is 4.79 Å². The first-order chi connectivity index (χ1) is 8.52. The van der Waals surface area contributed by atoms with Crippen molar-refractivity contribution < 1.29 is 19.4 Å². The number of carbonyl (C=O) groups is 2. The van der Waals surface area contributed by atoms with Crippen molar-refractivity contribution in [2.75, 3.05) is 33.8 Å². The SMILES string of the molecule is COC(CNC(=O)NC1CCCN(C)C1)C(=O)O. The molecule has 1 rings (SSSR count). The molecule has 3 N–H and O–H groups in total. The minimum atomic E-state index is -1.09. The second-order valence-electron chi connectivity index (χ2n) is 4.52. The number of rotatable bonds is 5. The van der Waals surface area contributed by atoms with Crippen LogP contribution in [0.2, 0.25) is 0 Å². The lowest BCUT2D eigenvalue weighted by molar-refractivity contribution is -0.147. The Balaban J connectivity index is 2.26. The monoisotopic (exact) mass is 259 g/mol. The maximum absolute atomic E-state index is 11.6. The zero-order valence-corrected chi connectivity index (χ0v) is 10.8. The summed E-state index contributed by atoms with van der Waals surface area (Å²) in [6.45, 7) is 1.82. The van der Waals surface area contributed by atoms with Crippen LogP contribution in [0.3, 0.4) is 0 Å². The number of ether oxygens (including phenoxy) is 1. The highest BCUT2D eigenvalue weighted by molar-refractivity contribution is 5.77. The fourth-order valence-corrected chi connectivity index (χ4v) is 1.98. The fourth-order valence-electron chi connectivity index (χ4n) is 1.98. The van der Waals surface area contributed by atoms with Crippen LogP contribution in [0.15, 0.2) is 0 Å². The number of carbonyl (C=O) groups excluding carboxylic acids is 1. The van der Waals surface area contributed by atoms with Gasteiger partial charge in [-0.3, -0.25) is 0 Å². The van der Waals surface area contributed by atoms with Gasteiger partial charge in [0.05, 0.1) is 6.54 Å². The van der Waals surface area contributed by atoms with Gasteiger partial charge in [0.2, 0.25) is 0 Å². The Morgan fingerprint density at radius 2 is 2.28 bits per heavy atom. The third kappa shape index (κ3) is 4.89. The number of nitrogens with one attached hydrogen (secondary N) is 2. The predicted octanol–water partition coefficient (Wildman–Crippen LogP) is -0.521. The van der Waals surface area contributed by atoms with E-state index >= 15 is 0 Å². The molecule has 7 nitrogen and oxygen atoms in total. The third-order valence-corrected chi connectivity index (χ3v) is 2.97. The van der Waals surface area contributed by atoms with Crippen molar-refractivity contribution in [3.05, 3.63) is 0 Å². The Morgan fingerprint density at radius 3 is 2.83 bits per heavy atom. The van der Waals surface area contributed by atoms with E-state index < -0.39 is 12.1 Å². The summed E-state index contributed by atoms with van der Waals surface area (Å²) in [5, 5.41) is 14.1. The van der Waals surface area contributed by atoms with E-state index in [9.17, 15) is 9.59 Å². The van der Waals surface area contributed by atoms with Crippen molar-refractivity contribution in [1.29, 1.82) is 0 Å². The molecule has 0 aromatic rings. The number of hydrogen-bond donors (Lipinski definition) is 3. The van der Waals surface area contributed by atoms with E-state index in [1.54, 1.807) is 0 Å². The number of carboxylic acid groups (broad SMARTS) is 1. The standard InChI is InChI=1S/C11H21N3O4/c1-14-5-3-4-8(7-14)13-11(17)12-6-9(18-2)10(15)16/h8-9H,3-7H2,1-2H3,(H,15,16)(H2,12,13,17). The van der Waals surface area contributed by atoms with Crippen molar-refractivity contribution >= 4 is 12.0 Å². The number of aliphatic carboxylic acids is 1. The molecule has 2 unspecified atom stereocenters. The number of carboxylic acids is 1. The maximum atomic E-state index is 11.6. The summed E-state index contributed by atoms with van der Waals surface area (Å²) >= 11 is 0. The van der Waals surface area contributed by atoms with Crippen LogP contribution in [0, 0.1) is 0 Å². The van der Waals surface area contributed by atoms with Gasteiger partial charge in [-0.25, -0.2) is 9.59 Å². The molecule has 1 fully saturated rings. The van der Waals surface area contributed by atoms with Crippen LogP contribution >= 0.6 is 0 Å². The molecule has 1 aliphatic heterocycles. The summed E-state index contributed by atoms with van der Waals surface area (Å²) in [6.07, 6.45) is 0.992. The molecule has 1 saturated heterocycles. The molecule has 18 heavy (non-hydrogen) atoms. The lowest BCUT2D eigenvalue weighted by Crippen LogP contribution is -2.51. The molecular formula is C11H21N3O4. The molecule has 0 radical (unpaired) electrons. The average Bonchev–Trinajstić information content (AvgIpc) is 2.29. The molecule has 2 amide bonds. The Bertz CT molecular complexity index is 298. The van der Waals surface area contributed by atoms with Crippen LogP contribution in [0.1, 0.15) is 12.8 Å². The molecule has 2 atom stereocenters. The number of likely N-dealkylation sites (N-methyl/N-ethyl adjacent to an activating group) is 1. The van der Waals surface area contributed by atoms with Crippen LogP contribution in [-0.4, -0.2) is 67.9 Å². The highest BCUT2D eigenvalue weighted by atomic mass is 16.5. The quantitative estimate of drug-likeness (QED) is 0.618. The number of amides is 2. The van der Waals surface area contributed by atoms with E-state index in [0.717, 1.165) is 25.9 Å². The normalized spacial score (nSPS) is 22.2. The Kier molecular flexibility index (Phi) is 5.87. The van der Waals surface area contributed by atoms with Gasteiger partial charge in [0.25, 0.3) is 0 Å². The smallest absolute Gasteiger partial charge is 0.334 e. The van der Waals surface area contributed by atoms with Gasteiger partial charge in [-0.1, -0.05) is 0 Å². The summed E-state index contributed by atoms with van der Waals surface area (Å²) < 4.78 is 4.72. The van der Waals surface area contributed by atoms with E-state index in [-0.39, 0.29) is 18.6 Å². The fraction of sp³-hybridized carbons (Fsp3) is 0.818. The largest absolute Gasteiger partial charge is 0.479 e. The summed E-state index contributed by atoms with van der Waals surface area (Å²) in [5.74, 6) is -1.09. The predicted molar refractivity (Wildman–Crippen MR) is 65.5 cm³/mol. The molecule has 0 aromatic heterocycles. The zero-order valence-electron chi connectivity index (χ0n) is 10.8. The first kappa shape index (κ1) is 14.7. The number of piperidine rings is 1. The van der Waals surface area contributed by atoms with Crippen molar-refractivity contribution in [3.63, 3.8) is 0 Å². The minimum absolute atomic E-state index is 0.0414. The van der Waals surface area contributed by atoms with Gasteiger partial charge in [-0.05, 0) is 26.4 Å². The molecule has 1 aliphatic rings. The Labute approximate surface area is 106 Å². The molecule has 7 heteroatoms. The van der Waals surface area contributed by atoms with Crippen LogP contribution in [-0.2, 0) is 9.53 Å². The van der Waals surface area contributed by atoms with Crippen molar-refractivity contribution in [2.24, 2.45) is 0 Å². The molecule has 0 spiro atoms. The lowest BCUT2D eigenvalue weighted by atomic mass is 10.1. The number of urea groups is 1. The van der Waals surface area contributed by atoms with E-state index in [1.807, 2.05) is 7.05 Å². The van der Waals surface area contributed by atoms with Gasteiger partial charge >= 0.3 is 12.0 Å². The van der Waals surface area contributed by atoms with Crippen molar-refractivity contribution in [1.82, 2.24) is 15.5 Å². The zero-order chi connectivity index (χ0) is 13.5. The van der Waals surface area contributed by atoms with Crippen molar-refractivity contribution in [2.45, 2.75) is 25.0 Å². The van der Waals surface area contributed by atoms with Crippen molar-refractivity contribution in [3.8, 4) is 0 Å². The molecule has 1 heterocycles. The van der Waals surface area contributed by atoms with Crippen LogP contribution < -0.4 is 10.6 Å². The van der Waals surface area contributed by atoms with Gasteiger partial charge < -0.3 is 25.4 Å². The van der Waals surface area contributed by atoms with E-state index in [1.165, 1.54) is 7.11 Å². The lowest BCUT2D eigenvalue weighted by Gasteiger charge is -2.30. The summed E-state index contributed by atoms with van der Waals surface area (Å²) in [4.78, 5) is 24.4. The highest BCUT2D eigenvalue weighted by Gasteiger charge is 2.20. The second kappa shape index (κ2) is 7.17. The van der Waals surface area contributed by atoms with E-state index in [0.29, 0.717) is 0 Å². The van der Waals surface area contributed by atoms with E-state index in [2.05, 4.69) is 15.5 Å². The third-order valence-electron chi connectivity index (χ3n) is 2.97. The average molecular weight is 259 g/mol. The van der Waals surface area contributed by atoms with Gasteiger partial charge in [0.15, 0.2) is 6.10 Å². The minimum Gasteiger partial charge on any atom is -0.479 e. The molecule has 0 aromatic carbocycles. The number of methoxy groups -OCH3 is 1. The first-order valence-electron chi connectivity index (χ1n) is 6.01. The summed E-state index contributed by atoms with van der Waals surface area (Å²) in [5.41, 5.74) is 0. The summed E-state index contributed by atoms with van der Waals surface area (Å²) in [6, 6.07) is -0.229. The topological polar surface area (TPSA) is 90.9 Å². The van der Waals surface area contributed by atoms with Gasteiger partial charge in [0.1, 0.15) is 0 Å². The molecular weight excluding hydrogens is 238 g/mol. The molecule has 0 saturated carbocycles. The number of hydrogen-bond acceptors (Lipinski definition) is 4. The Hall–Kier alpha value is -1.34. The number of likely N-dealkylation sites (tertiary alicyclic amines) is 1. The number of nitrogens with zero attached hydrogens (tertiary/aromatic N) is 1. The maximum Gasteiger partial charge on any atom is 0.334 e.